The summed E-state index contributed by atoms with van der Waals surface area (Å²) in [7, 11) is 0. The highest BCUT2D eigenvalue weighted by Gasteiger charge is 2.27. The first kappa shape index (κ1) is 21.0. The zero-order valence-corrected chi connectivity index (χ0v) is 20.3. The number of quaternary nitrogens is 1. The maximum absolute atomic E-state index is 5.02. The molecular formula is C30H22N8. The van der Waals surface area contributed by atoms with Gasteiger partial charge < -0.3 is 10.5 Å². The van der Waals surface area contributed by atoms with Gasteiger partial charge in [0.25, 0.3) is 0 Å². The van der Waals surface area contributed by atoms with Crippen molar-refractivity contribution in [2.45, 2.75) is 0 Å². The lowest BCUT2D eigenvalue weighted by atomic mass is 10.1. The van der Waals surface area contributed by atoms with Crippen LogP contribution in [0.4, 0.5) is 5.69 Å². The van der Waals surface area contributed by atoms with Gasteiger partial charge in [0, 0.05) is 28.0 Å². The summed E-state index contributed by atoms with van der Waals surface area (Å²) >= 11 is 0. The van der Waals surface area contributed by atoms with Gasteiger partial charge in [-0.1, -0.05) is 72.8 Å². The summed E-state index contributed by atoms with van der Waals surface area (Å²) in [4.78, 5) is 0. The van der Waals surface area contributed by atoms with Crippen LogP contribution in [0, 0.1) is 0 Å². The Morgan fingerprint density at radius 2 is 1.29 bits per heavy atom. The van der Waals surface area contributed by atoms with Crippen LogP contribution < -0.4 is 10.1 Å². The average Bonchev–Trinajstić information content (AvgIpc) is 3.76. The van der Waals surface area contributed by atoms with Crippen LogP contribution in [0.5, 0.6) is 0 Å². The summed E-state index contributed by atoms with van der Waals surface area (Å²) in [5.41, 5.74) is 10.2. The van der Waals surface area contributed by atoms with Crippen molar-refractivity contribution < 1.29 is 5.12 Å². The van der Waals surface area contributed by atoms with E-state index in [1.807, 2.05) is 52.2 Å². The highest BCUT2D eigenvalue weighted by Crippen LogP contribution is 2.38. The molecule has 8 nitrogen and oxygen atoms in total. The minimum Gasteiger partial charge on any atom is -0.396 e. The Morgan fingerprint density at radius 3 is 2.05 bits per heavy atom. The molecule has 4 aromatic carbocycles. The van der Waals surface area contributed by atoms with E-state index in [1.165, 1.54) is 0 Å². The molecule has 0 amide bonds. The molecule has 0 saturated heterocycles. The Balaban J connectivity index is 1.43. The molecule has 1 aliphatic rings. The first-order chi connectivity index (χ1) is 18.9. The van der Waals surface area contributed by atoms with Crippen molar-refractivity contribution in [3.63, 3.8) is 0 Å². The van der Waals surface area contributed by atoms with E-state index in [9.17, 15) is 0 Å². The molecule has 38 heavy (non-hydrogen) atoms. The van der Waals surface area contributed by atoms with Gasteiger partial charge in [0.05, 0.1) is 11.2 Å². The number of hydrogen-bond donors (Lipinski definition) is 1. The van der Waals surface area contributed by atoms with Crippen LogP contribution in [0.25, 0.3) is 50.0 Å². The van der Waals surface area contributed by atoms with Crippen LogP contribution in [0.1, 0.15) is 0 Å². The molecule has 182 valence electrons. The topological polar surface area (TPSA) is 62.4 Å². The summed E-state index contributed by atoms with van der Waals surface area (Å²) in [6.07, 6.45) is 5.83. The number of hydrogen-bond acceptors (Lipinski definition) is 3. The Kier molecular flexibility index (Phi) is 4.51. The van der Waals surface area contributed by atoms with Crippen molar-refractivity contribution >= 4 is 38.5 Å². The number of aromatic nitrogens is 5. The van der Waals surface area contributed by atoms with Gasteiger partial charge in [-0.05, 0) is 36.4 Å². The molecule has 0 bridgehead atoms. The molecule has 0 aliphatic carbocycles. The molecule has 8 heteroatoms. The predicted octanol–water partition coefficient (Wildman–Crippen LogP) is 5.16. The SMILES string of the molecule is C1=C[NH+](n2c3ccccc3c3c4ccccc4n(-c4nncn4-c4ccccc4)c32)[N-]N1c1ccccc1. The predicted molar refractivity (Wildman–Crippen MR) is 149 cm³/mol. The zero-order valence-electron chi connectivity index (χ0n) is 20.3. The fourth-order valence-electron chi connectivity index (χ4n) is 5.44. The van der Waals surface area contributed by atoms with Gasteiger partial charge in [-0.15, -0.1) is 10.2 Å². The number of para-hydroxylation sites is 4. The molecule has 8 rings (SSSR count). The summed E-state index contributed by atoms with van der Waals surface area (Å²) in [6, 6.07) is 37.3. The highest BCUT2D eigenvalue weighted by molar-refractivity contribution is 6.21. The fourth-order valence-corrected chi connectivity index (χ4v) is 5.44. The largest absolute Gasteiger partial charge is 0.396 e. The van der Waals surface area contributed by atoms with E-state index in [4.69, 9.17) is 5.53 Å². The van der Waals surface area contributed by atoms with Gasteiger partial charge in [0.2, 0.25) is 5.95 Å². The van der Waals surface area contributed by atoms with Gasteiger partial charge in [-0.2, -0.15) is 4.68 Å². The molecule has 3 aromatic heterocycles. The van der Waals surface area contributed by atoms with Crippen molar-refractivity contribution in [2.24, 2.45) is 0 Å². The molecule has 4 heterocycles. The van der Waals surface area contributed by atoms with Crippen molar-refractivity contribution in [3.8, 4) is 11.6 Å². The van der Waals surface area contributed by atoms with Crippen LogP contribution in [0.2, 0.25) is 0 Å². The third-order valence-electron chi connectivity index (χ3n) is 7.06. The molecule has 0 spiro atoms. The fraction of sp³-hybridized carbons (Fsp3) is 0. The maximum atomic E-state index is 5.02. The lowest BCUT2D eigenvalue weighted by Crippen LogP contribution is -3.05. The second kappa shape index (κ2) is 8.17. The molecule has 1 aliphatic heterocycles. The average molecular weight is 495 g/mol. The Bertz CT molecular complexity index is 1960. The smallest absolute Gasteiger partial charge is 0.242 e. The maximum Gasteiger partial charge on any atom is 0.242 e. The van der Waals surface area contributed by atoms with Crippen molar-refractivity contribution in [1.82, 2.24) is 24.0 Å². The Hall–Kier alpha value is -5.18. The van der Waals surface area contributed by atoms with Crippen LogP contribution in [-0.4, -0.2) is 24.0 Å². The first-order valence-electron chi connectivity index (χ1n) is 12.5. The molecule has 7 aromatic rings. The minimum absolute atomic E-state index is 0.717. The number of nitrogens with one attached hydrogen (secondary N) is 1. The van der Waals surface area contributed by atoms with Crippen molar-refractivity contribution in [2.75, 3.05) is 5.01 Å². The van der Waals surface area contributed by atoms with Crippen LogP contribution in [0.3, 0.4) is 0 Å². The van der Waals surface area contributed by atoms with E-state index in [1.54, 1.807) is 6.33 Å². The van der Waals surface area contributed by atoms with Crippen LogP contribution in [-0.2, 0) is 0 Å². The van der Waals surface area contributed by atoms with E-state index in [0.717, 1.165) is 49.3 Å². The zero-order chi connectivity index (χ0) is 25.1. The Morgan fingerprint density at radius 1 is 0.658 bits per heavy atom. The molecular weight excluding hydrogens is 472 g/mol. The van der Waals surface area contributed by atoms with Crippen molar-refractivity contribution in [1.29, 1.82) is 0 Å². The quantitative estimate of drug-likeness (QED) is 0.368. The number of fused-ring (bicyclic) bond motifs is 5. The highest BCUT2D eigenvalue weighted by atomic mass is 15.9. The number of benzene rings is 4. The second-order valence-electron chi connectivity index (χ2n) is 9.19. The molecule has 0 radical (unpaired) electrons. The molecule has 0 fully saturated rings. The number of nitrogens with zero attached hydrogens (tertiary/aromatic N) is 7. The molecule has 1 unspecified atom stereocenters. The minimum atomic E-state index is 0.717. The van der Waals surface area contributed by atoms with E-state index >= 15 is 0 Å². The summed E-state index contributed by atoms with van der Waals surface area (Å²) in [6.45, 7) is 0. The van der Waals surface area contributed by atoms with Gasteiger partial charge >= 0.3 is 0 Å². The summed E-state index contributed by atoms with van der Waals surface area (Å²) < 4.78 is 6.46. The van der Waals surface area contributed by atoms with Crippen LogP contribution in [0.15, 0.2) is 128 Å². The lowest BCUT2D eigenvalue weighted by molar-refractivity contribution is -0.846. The third kappa shape index (κ3) is 2.98. The van der Waals surface area contributed by atoms with E-state index < -0.39 is 0 Å². The third-order valence-corrected chi connectivity index (χ3v) is 7.06. The van der Waals surface area contributed by atoms with Gasteiger partial charge in [-0.25, -0.2) is 5.12 Å². The molecule has 0 saturated carbocycles. The van der Waals surface area contributed by atoms with Gasteiger partial charge in [0.1, 0.15) is 18.0 Å². The van der Waals surface area contributed by atoms with Gasteiger partial charge in [0.15, 0.2) is 5.65 Å². The normalized spacial score (nSPS) is 15.4. The number of anilines is 1. The van der Waals surface area contributed by atoms with E-state index in [0.29, 0.717) is 5.95 Å². The van der Waals surface area contributed by atoms with E-state index in [2.05, 4.69) is 98.4 Å². The standard InChI is InChI=1S/C30H22N8/c1-3-11-22(12-4-1)34-21-31-32-30(34)37-26-17-9-7-15-24(26)28-25-16-8-10-18-27(25)38(29(28)37)36-20-19-35(33-36)23-13-5-2-6-14-23/h1-21,36H. The molecule has 1 atom stereocenters. The first-order valence-corrected chi connectivity index (χ1v) is 12.5. The van der Waals surface area contributed by atoms with Crippen LogP contribution >= 0.6 is 0 Å². The monoisotopic (exact) mass is 494 g/mol. The lowest BCUT2D eigenvalue weighted by Gasteiger charge is -2.32. The second-order valence-corrected chi connectivity index (χ2v) is 9.19. The summed E-state index contributed by atoms with van der Waals surface area (Å²) in [5, 5.41) is 15.2. The van der Waals surface area contributed by atoms with Crippen molar-refractivity contribution in [3.05, 3.63) is 133 Å². The summed E-state index contributed by atoms with van der Waals surface area (Å²) in [5.74, 6) is 0.717. The number of rotatable bonds is 4. The molecule has 1 N–H and O–H groups in total. The van der Waals surface area contributed by atoms with E-state index in [-0.39, 0.29) is 0 Å². The Labute approximate surface area is 217 Å². The van der Waals surface area contributed by atoms with Gasteiger partial charge in [-0.3, -0.25) is 9.13 Å².